The summed E-state index contributed by atoms with van der Waals surface area (Å²) in [6.45, 7) is 2.48. The molecule has 33 heavy (non-hydrogen) atoms. The molecule has 1 aliphatic heterocycles. The van der Waals surface area contributed by atoms with Crippen molar-refractivity contribution in [1.29, 1.82) is 0 Å². The third-order valence-corrected chi connectivity index (χ3v) is 5.29. The van der Waals surface area contributed by atoms with Crippen molar-refractivity contribution in [3.8, 4) is 0 Å². The molecule has 0 radical (unpaired) electrons. The van der Waals surface area contributed by atoms with Crippen LogP contribution in [0.25, 0.3) is 11.2 Å². The zero-order valence-corrected chi connectivity index (χ0v) is 17.8. The zero-order valence-electron chi connectivity index (χ0n) is 17.8. The van der Waals surface area contributed by atoms with E-state index in [4.69, 9.17) is 16.2 Å². The van der Waals surface area contributed by atoms with Crippen molar-refractivity contribution < 1.29 is 14.9 Å². The summed E-state index contributed by atoms with van der Waals surface area (Å²) in [4.78, 5) is 30.8. The SMILES string of the molecule is CC=Nc1c(NCNCCC2OC(n3cnc4c(N)ncnc43)C(O)C2O)cc(N)[nH]c1=O. The van der Waals surface area contributed by atoms with Gasteiger partial charge in [-0.3, -0.25) is 19.7 Å². The topological polar surface area (TPSA) is 215 Å². The molecule has 0 aromatic carbocycles. The fourth-order valence-electron chi connectivity index (χ4n) is 3.71. The van der Waals surface area contributed by atoms with Crippen LogP contribution in [0.5, 0.6) is 0 Å². The highest BCUT2D eigenvalue weighted by Crippen LogP contribution is 2.33. The first-order valence-corrected chi connectivity index (χ1v) is 10.3. The number of nitrogens with one attached hydrogen (secondary N) is 3. The number of pyridine rings is 1. The van der Waals surface area contributed by atoms with Crippen molar-refractivity contribution in [1.82, 2.24) is 29.8 Å². The number of imidazole rings is 1. The van der Waals surface area contributed by atoms with Gasteiger partial charge < -0.3 is 36.7 Å². The highest BCUT2D eigenvalue weighted by molar-refractivity contribution is 5.81. The van der Waals surface area contributed by atoms with Crippen molar-refractivity contribution >= 4 is 40.4 Å². The Labute approximate surface area is 187 Å². The van der Waals surface area contributed by atoms with Gasteiger partial charge in [-0.05, 0) is 19.9 Å². The highest BCUT2D eigenvalue weighted by atomic mass is 16.6. The third kappa shape index (κ3) is 4.49. The van der Waals surface area contributed by atoms with Crippen LogP contribution in [0.4, 0.5) is 23.0 Å². The number of nitrogens with zero attached hydrogens (tertiary/aromatic N) is 5. The molecule has 176 valence electrons. The lowest BCUT2D eigenvalue weighted by Crippen LogP contribution is -2.34. The average Bonchev–Trinajstić information content (AvgIpc) is 3.33. The van der Waals surface area contributed by atoms with Crippen LogP contribution in [0.15, 0.2) is 28.5 Å². The van der Waals surface area contributed by atoms with Gasteiger partial charge in [-0.2, -0.15) is 0 Å². The molecule has 4 heterocycles. The summed E-state index contributed by atoms with van der Waals surface area (Å²) in [7, 11) is 0. The van der Waals surface area contributed by atoms with E-state index in [-0.39, 0.29) is 17.3 Å². The number of fused-ring (bicyclic) bond motifs is 1. The van der Waals surface area contributed by atoms with Gasteiger partial charge in [-0.25, -0.2) is 15.0 Å². The van der Waals surface area contributed by atoms with Crippen LogP contribution in [-0.2, 0) is 4.74 Å². The molecule has 4 unspecified atom stereocenters. The number of nitrogens with two attached hydrogens (primary N) is 2. The molecule has 3 aromatic heterocycles. The van der Waals surface area contributed by atoms with E-state index in [0.29, 0.717) is 36.5 Å². The smallest absolute Gasteiger partial charge is 0.277 e. The molecule has 0 amide bonds. The number of aromatic nitrogens is 5. The minimum Gasteiger partial charge on any atom is -0.388 e. The maximum atomic E-state index is 12.0. The first-order valence-electron chi connectivity index (χ1n) is 10.3. The third-order valence-electron chi connectivity index (χ3n) is 5.29. The summed E-state index contributed by atoms with van der Waals surface area (Å²) in [5.74, 6) is 0.439. The lowest BCUT2D eigenvalue weighted by atomic mass is 10.1. The summed E-state index contributed by atoms with van der Waals surface area (Å²) in [6.07, 6.45) is 0.925. The minimum atomic E-state index is -1.17. The lowest BCUT2D eigenvalue weighted by molar-refractivity contribution is -0.0366. The monoisotopic (exact) mass is 458 g/mol. The van der Waals surface area contributed by atoms with E-state index in [1.165, 1.54) is 23.4 Å². The number of rotatable bonds is 8. The second kappa shape index (κ2) is 9.50. The second-order valence-corrected chi connectivity index (χ2v) is 7.47. The van der Waals surface area contributed by atoms with Gasteiger partial charge in [0.05, 0.1) is 24.8 Å². The zero-order chi connectivity index (χ0) is 23.5. The molecule has 4 rings (SSSR count). The highest BCUT2D eigenvalue weighted by Gasteiger charge is 2.43. The summed E-state index contributed by atoms with van der Waals surface area (Å²) in [5.41, 5.74) is 12.6. The molecule has 0 saturated carbocycles. The largest absolute Gasteiger partial charge is 0.388 e. The quantitative estimate of drug-likeness (QED) is 0.124. The molecular weight excluding hydrogens is 432 g/mol. The summed E-state index contributed by atoms with van der Waals surface area (Å²) in [5, 5.41) is 27.2. The van der Waals surface area contributed by atoms with Crippen LogP contribution < -0.4 is 27.7 Å². The average molecular weight is 458 g/mol. The Bertz CT molecular complexity index is 1210. The molecule has 1 aliphatic rings. The number of aliphatic hydroxyl groups is 2. The lowest BCUT2D eigenvalue weighted by Gasteiger charge is -2.16. The molecule has 3 aromatic rings. The van der Waals surface area contributed by atoms with E-state index in [0.717, 1.165) is 0 Å². The maximum Gasteiger partial charge on any atom is 0.277 e. The second-order valence-electron chi connectivity index (χ2n) is 7.47. The van der Waals surface area contributed by atoms with Crippen LogP contribution >= 0.6 is 0 Å². The van der Waals surface area contributed by atoms with Gasteiger partial charge in [0.2, 0.25) is 0 Å². The number of hydrogen-bond acceptors (Lipinski definition) is 12. The number of H-pyrrole nitrogens is 1. The predicted molar refractivity (Wildman–Crippen MR) is 122 cm³/mol. The van der Waals surface area contributed by atoms with E-state index in [9.17, 15) is 15.0 Å². The fraction of sp³-hybridized carbons (Fsp3) is 0.421. The number of anilines is 3. The standard InChI is InChI=1S/C19H26N10O4/c1-2-23-12-9(5-11(20)28-18(12)32)24-6-22-4-3-10-14(30)15(31)19(33-10)29-8-27-13-16(21)25-7-26-17(13)29/h2,5,7-8,10,14-15,19,22,30-31H,3-4,6H2,1H3,(H2,21,25,26)(H4,20,24,28,32). The summed E-state index contributed by atoms with van der Waals surface area (Å²) < 4.78 is 7.44. The van der Waals surface area contributed by atoms with Gasteiger partial charge in [0.1, 0.15) is 29.9 Å². The molecule has 4 atom stereocenters. The molecule has 0 spiro atoms. The predicted octanol–water partition coefficient (Wildman–Crippen LogP) is -0.930. The minimum absolute atomic E-state index is 0.218. The Morgan fingerprint density at radius 2 is 2.12 bits per heavy atom. The number of ether oxygens (including phenoxy) is 1. The molecule has 0 bridgehead atoms. The van der Waals surface area contributed by atoms with Crippen molar-refractivity contribution in [3.63, 3.8) is 0 Å². The van der Waals surface area contributed by atoms with Gasteiger partial charge in [0.25, 0.3) is 5.56 Å². The number of hydrogen-bond donors (Lipinski definition) is 7. The molecule has 14 nitrogen and oxygen atoms in total. The summed E-state index contributed by atoms with van der Waals surface area (Å²) >= 11 is 0. The molecule has 1 saturated heterocycles. The maximum absolute atomic E-state index is 12.0. The Balaban J connectivity index is 1.34. The van der Waals surface area contributed by atoms with Crippen molar-refractivity contribution in [2.24, 2.45) is 4.99 Å². The van der Waals surface area contributed by atoms with Gasteiger partial charge >= 0.3 is 0 Å². The fourth-order valence-corrected chi connectivity index (χ4v) is 3.71. The Morgan fingerprint density at radius 1 is 1.30 bits per heavy atom. The van der Waals surface area contributed by atoms with E-state index in [1.54, 1.807) is 13.0 Å². The van der Waals surface area contributed by atoms with E-state index < -0.39 is 30.1 Å². The Hall–Kier alpha value is -3.59. The van der Waals surface area contributed by atoms with Gasteiger partial charge in [0, 0.05) is 12.3 Å². The summed E-state index contributed by atoms with van der Waals surface area (Å²) in [6, 6.07) is 1.59. The van der Waals surface area contributed by atoms with E-state index >= 15 is 0 Å². The molecule has 0 aliphatic carbocycles. The van der Waals surface area contributed by atoms with Crippen molar-refractivity contribution in [2.45, 2.75) is 37.9 Å². The Kier molecular flexibility index (Phi) is 6.50. The molecular formula is C19H26N10O4. The van der Waals surface area contributed by atoms with Crippen molar-refractivity contribution in [2.75, 3.05) is 30.0 Å². The molecule has 14 heteroatoms. The van der Waals surface area contributed by atoms with Crippen LogP contribution in [0.3, 0.4) is 0 Å². The van der Waals surface area contributed by atoms with Crippen LogP contribution in [-0.4, -0.2) is 72.5 Å². The number of aliphatic imine (C=N–C) groups is 1. The number of nitrogen functional groups attached to an aromatic ring is 2. The normalized spacial score (nSPS) is 23.0. The first-order chi connectivity index (χ1) is 15.9. The van der Waals surface area contributed by atoms with Gasteiger partial charge in [-0.1, -0.05) is 0 Å². The molecule has 1 fully saturated rings. The van der Waals surface area contributed by atoms with Crippen molar-refractivity contribution in [3.05, 3.63) is 29.1 Å². The van der Waals surface area contributed by atoms with Crippen LogP contribution in [0.1, 0.15) is 19.6 Å². The molecule has 9 N–H and O–H groups in total. The number of aromatic amines is 1. The number of aliphatic hydroxyl groups excluding tert-OH is 2. The van der Waals surface area contributed by atoms with Gasteiger partial charge in [-0.15, -0.1) is 0 Å². The van der Waals surface area contributed by atoms with Crippen LogP contribution in [0.2, 0.25) is 0 Å². The van der Waals surface area contributed by atoms with Gasteiger partial charge in [0.15, 0.2) is 23.4 Å². The Morgan fingerprint density at radius 3 is 2.91 bits per heavy atom. The van der Waals surface area contributed by atoms with E-state index in [1.807, 2.05) is 0 Å². The van der Waals surface area contributed by atoms with Crippen LogP contribution in [0, 0.1) is 0 Å². The first kappa shape index (κ1) is 22.6. The van der Waals surface area contributed by atoms with E-state index in [2.05, 4.69) is 35.6 Å².